The molecule has 0 saturated carbocycles. The lowest BCUT2D eigenvalue weighted by Crippen LogP contribution is -2.53. The summed E-state index contributed by atoms with van der Waals surface area (Å²) in [7, 11) is -1.25. The van der Waals surface area contributed by atoms with Crippen LogP contribution in [-0.2, 0) is 9.15 Å². The van der Waals surface area contributed by atoms with Gasteiger partial charge in [-0.3, -0.25) is 0 Å². The van der Waals surface area contributed by atoms with Crippen LogP contribution >= 0.6 is 0 Å². The van der Waals surface area contributed by atoms with Crippen LogP contribution in [0.15, 0.2) is 73.3 Å². The van der Waals surface area contributed by atoms with Crippen molar-refractivity contribution in [3.05, 3.63) is 84.4 Å². The Morgan fingerprint density at radius 3 is 1.65 bits per heavy atom. The van der Waals surface area contributed by atoms with Gasteiger partial charge in [0.1, 0.15) is 10.5 Å². The second-order valence-electron chi connectivity index (χ2n) is 5.46. The van der Waals surface area contributed by atoms with Gasteiger partial charge in [0.2, 0.25) is 0 Å². The third kappa shape index (κ3) is 2.33. The lowest BCUT2D eigenvalue weighted by atomic mass is 9.90. The van der Waals surface area contributed by atoms with Gasteiger partial charge in [-0.1, -0.05) is 66.7 Å². The van der Waals surface area contributed by atoms with Crippen molar-refractivity contribution in [2.45, 2.75) is 18.1 Å². The van der Waals surface area contributed by atoms with Crippen LogP contribution in [-0.4, -0.2) is 18.8 Å². The monoisotopic (exact) mass is 298 g/mol. The van der Waals surface area contributed by atoms with Crippen LogP contribution in [0.2, 0.25) is 13.1 Å². The maximum absolute atomic E-state index is 6.11. The van der Waals surface area contributed by atoms with Crippen LogP contribution in [0.1, 0.15) is 11.1 Å². The Balaban J connectivity index is 2.75. The molecule has 3 heteroatoms. The SMILES string of the molecule is C=CC(c1ccccc1)(c1ccccc1)[Si](C)(C)O[SiH3]. The van der Waals surface area contributed by atoms with Crippen molar-refractivity contribution in [2.75, 3.05) is 0 Å². The van der Waals surface area contributed by atoms with E-state index in [1.165, 1.54) is 11.1 Å². The van der Waals surface area contributed by atoms with Gasteiger partial charge in [-0.15, -0.1) is 6.58 Å². The molecule has 0 N–H and O–H groups in total. The fourth-order valence-electron chi connectivity index (χ4n) is 2.91. The Hall–Kier alpha value is -1.43. The van der Waals surface area contributed by atoms with E-state index in [0.717, 1.165) is 10.5 Å². The van der Waals surface area contributed by atoms with Gasteiger partial charge in [0.25, 0.3) is 0 Å². The first kappa shape index (κ1) is 15.0. The molecule has 0 aliphatic carbocycles. The largest absolute Gasteiger partial charge is 0.463 e. The Bertz CT molecular complexity index is 525. The standard InChI is InChI=1S/C17H22OSi2/c1-4-17(20(2,3)18-19,15-11-7-5-8-12-15)16-13-9-6-10-14-16/h4-14H,1H2,2-3,19H3. The second-order valence-corrected chi connectivity index (χ2v) is 10.9. The van der Waals surface area contributed by atoms with E-state index >= 15 is 0 Å². The maximum atomic E-state index is 6.11. The molecule has 2 rings (SSSR count). The predicted molar refractivity (Wildman–Crippen MR) is 92.4 cm³/mol. The predicted octanol–water partition coefficient (Wildman–Crippen LogP) is 3.20. The molecule has 0 heterocycles. The van der Waals surface area contributed by atoms with Crippen molar-refractivity contribution in [1.82, 2.24) is 0 Å². The van der Waals surface area contributed by atoms with Crippen molar-refractivity contribution in [2.24, 2.45) is 0 Å². The van der Waals surface area contributed by atoms with Crippen LogP contribution in [0.5, 0.6) is 0 Å². The van der Waals surface area contributed by atoms with Gasteiger partial charge in [-0.2, -0.15) is 0 Å². The van der Waals surface area contributed by atoms with Crippen LogP contribution in [0.25, 0.3) is 0 Å². The van der Waals surface area contributed by atoms with E-state index in [0.29, 0.717) is 0 Å². The van der Waals surface area contributed by atoms with Crippen molar-refractivity contribution in [3.8, 4) is 0 Å². The van der Waals surface area contributed by atoms with Crippen molar-refractivity contribution in [1.29, 1.82) is 0 Å². The minimum absolute atomic E-state index is 0.211. The van der Waals surface area contributed by atoms with E-state index in [4.69, 9.17) is 4.12 Å². The first-order valence-corrected chi connectivity index (χ1v) is 10.6. The number of allylic oxidation sites excluding steroid dienone is 1. The molecule has 0 fully saturated rings. The Morgan fingerprint density at radius 1 is 0.950 bits per heavy atom. The molecule has 2 aromatic rings. The molecule has 0 aromatic heterocycles. The number of benzene rings is 2. The summed E-state index contributed by atoms with van der Waals surface area (Å²) in [5.74, 6) is 0. The molecule has 104 valence electrons. The van der Waals surface area contributed by atoms with E-state index < -0.39 is 8.32 Å². The molecule has 0 atom stereocenters. The number of rotatable bonds is 5. The zero-order chi connectivity index (χ0) is 14.6. The highest BCUT2D eigenvalue weighted by molar-refractivity contribution is 6.77. The summed E-state index contributed by atoms with van der Waals surface area (Å²) < 4.78 is 6.11. The van der Waals surface area contributed by atoms with Crippen molar-refractivity contribution < 1.29 is 4.12 Å². The van der Waals surface area contributed by atoms with Gasteiger partial charge in [-0.05, 0) is 24.2 Å². The summed E-state index contributed by atoms with van der Waals surface area (Å²) in [4.78, 5) is 0. The van der Waals surface area contributed by atoms with Crippen LogP contribution in [0, 0.1) is 0 Å². The summed E-state index contributed by atoms with van der Waals surface area (Å²) in [5.41, 5.74) is 2.54. The summed E-state index contributed by atoms with van der Waals surface area (Å²) in [5, 5.41) is -0.211. The minimum atomic E-state index is -1.99. The van der Waals surface area contributed by atoms with Crippen LogP contribution in [0.3, 0.4) is 0 Å². The van der Waals surface area contributed by atoms with Crippen LogP contribution in [0.4, 0.5) is 0 Å². The summed E-state index contributed by atoms with van der Waals surface area (Å²) in [6, 6.07) is 21.2. The van der Waals surface area contributed by atoms with Gasteiger partial charge < -0.3 is 4.12 Å². The fourth-order valence-corrected chi connectivity index (χ4v) is 6.41. The van der Waals surface area contributed by atoms with Gasteiger partial charge in [0.15, 0.2) is 8.32 Å². The first-order chi connectivity index (χ1) is 9.58. The molecular weight excluding hydrogens is 276 g/mol. The zero-order valence-electron chi connectivity index (χ0n) is 12.5. The van der Waals surface area contributed by atoms with Crippen molar-refractivity contribution >= 4 is 18.8 Å². The Kier molecular flexibility index (Phi) is 4.43. The first-order valence-electron chi connectivity index (χ1n) is 6.88. The van der Waals surface area contributed by atoms with Gasteiger partial charge in [-0.25, -0.2) is 0 Å². The van der Waals surface area contributed by atoms with E-state index in [2.05, 4.69) is 86.4 Å². The zero-order valence-corrected chi connectivity index (χ0v) is 15.5. The van der Waals surface area contributed by atoms with Gasteiger partial charge in [0, 0.05) is 0 Å². The highest BCUT2D eigenvalue weighted by atomic mass is 28.4. The lowest BCUT2D eigenvalue weighted by molar-refractivity contribution is 0.564. The minimum Gasteiger partial charge on any atom is -0.463 e. The summed E-state index contributed by atoms with van der Waals surface area (Å²) >= 11 is 0. The van der Waals surface area contributed by atoms with Crippen molar-refractivity contribution in [3.63, 3.8) is 0 Å². The lowest BCUT2D eigenvalue weighted by Gasteiger charge is -2.43. The second kappa shape index (κ2) is 5.91. The highest BCUT2D eigenvalue weighted by Crippen LogP contribution is 2.41. The fraction of sp³-hybridized carbons (Fsp3) is 0.176. The molecule has 0 radical (unpaired) electrons. The normalized spacial score (nSPS) is 12.3. The van der Waals surface area contributed by atoms with Gasteiger partial charge >= 0.3 is 0 Å². The topological polar surface area (TPSA) is 9.23 Å². The number of hydrogen-bond donors (Lipinski definition) is 0. The quantitative estimate of drug-likeness (QED) is 0.608. The average Bonchev–Trinajstić information content (AvgIpc) is 2.50. The van der Waals surface area contributed by atoms with Gasteiger partial charge in [0.05, 0.1) is 5.04 Å². The average molecular weight is 299 g/mol. The molecule has 0 unspecified atom stereocenters. The Labute approximate surface area is 126 Å². The Morgan fingerprint density at radius 2 is 1.35 bits per heavy atom. The molecule has 2 aromatic carbocycles. The third-order valence-electron chi connectivity index (χ3n) is 4.22. The molecular formula is C17H22OSi2. The third-order valence-corrected chi connectivity index (χ3v) is 11.0. The van der Waals surface area contributed by atoms with E-state index in [1.54, 1.807) is 0 Å². The summed E-state index contributed by atoms with van der Waals surface area (Å²) in [6.45, 7) is 8.73. The molecule has 0 spiro atoms. The molecule has 0 aliphatic rings. The molecule has 0 bridgehead atoms. The van der Waals surface area contributed by atoms with E-state index in [-0.39, 0.29) is 5.04 Å². The van der Waals surface area contributed by atoms with E-state index in [9.17, 15) is 0 Å². The summed E-state index contributed by atoms with van der Waals surface area (Å²) in [6.07, 6.45) is 2.09. The van der Waals surface area contributed by atoms with Crippen LogP contribution < -0.4 is 0 Å². The van der Waals surface area contributed by atoms with E-state index in [1.807, 2.05) is 0 Å². The molecule has 0 saturated heterocycles. The number of hydrogen-bond acceptors (Lipinski definition) is 1. The molecule has 1 nitrogen and oxygen atoms in total. The molecule has 0 amide bonds. The smallest absolute Gasteiger partial charge is 0.191 e. The molecule has 0 aliphatic heterocycles. The maximum Gasteiger partial charge on any atom is 0.191 e. The highest BCUT2D eigenvalue weighted by Gasteiger charge is 2.47. The molecule has 20 heavy (non-hydrogen) atoms.